The van der Waals surface area contributed by atoms with Gasteiger partial charge in [-0.2, -0.15) is 0 Å². The van der Waals surface area contributed by atoms with Gasteiger partial charge in [-0.3, -0.25) is 9.69 Å². The van der Waals surface area contributed by atoms with Crippen molar-refractivity contribution in [2.24, 2.45) is 5.92 Å². The monoisotopic (exact) mass is 343 g/mol. The molecule has 1 aromatic carbocycles. The summed E-state index contributed by atoms with van der Waals surface area (Å²) in [5.41, 5.74) is 1.44. The SMILES string of the molecule is CNCC1(N(C=O)CC2CC2)CCC(c2ccccc2)(N(C)C)CC1. The number of likely N-dealkylation sites (N-methyl/N-ethyl adjacent to an activating group) is 1. The summed E-state index contributed by atoms with van der Waals surface area (Å²) >= 11 is 0. The maximum atomic E-state index is 11.9. The van der Waals surface area contributed by atoms with Crippen molar-refractivity contribution in [2.45, 2.75) is 49.6 Å². The third-order valence-electron chi connectivity index (χ3n) is 6.57. The van der Waals surface area contributed by atoms with Crippen molar-refractivity contribution >= 4 is 6.41 Å². The Kier molecular flexibility index (Phi) is 5.49. The van der Waals surface area contributed by atoms with Crippen molar-refractivity contribution < 1.29 is 4.79 Å². The number of hydrogen-bond acceptors (Lipinski definition) is 3. The summed E-state index contributed by atoms with van der Waals surface area (Å²) in [4.78, 5) is 16.4. The van der Waals surface area contributed by atoms with Crippen molar-refractivity contribution in [1.82, 2.24) is 15.1 Å². The first-order chi connectivity index (χ1) is 12.1. The molecule has 0 aromatic heterocycles. The molecule has 2 aliphatic rings. The number of carbonyl (C=O) groups is 1. The van der Waals surface area contributed by atoms with E-state index in [1.54, 1.807) is 0 Å². The maximum absolute atomic E-state index is 11.9. The Morgan fingerprint density at radius 3 is 2.24 bits per heavy atom. The molecule has 2 fully saturated rings. The zero-order valence-corrected chi connectivity index (χ0v) is 16.0. The van der Waals surface area contributed by atoms with Gasteiger partial charge in [0, 0.05) is 18.6 Å². The minimum absolute atomic E-state index is 0.0343. The first kappa shape index (κ1) is 18.4. The molecule has 0 aliphatic heterocycles. The van der Waals surface area contributed by atoms with Crippen LogP contribution >= 0.6 is 0 Å². The minimum Gasteiger partial charge on any atom is -0.338 e. The van der Waals surface area contributed by atoms with E-state index in [1.807, 2.05) is 7.05 Å². The summed E-state index contributed by atoms with van der Waals surface area (Å²) in [5, 5.41) is 3.37. The van der Waals surface area contributed by atoms with E-state index in [0.717, 1.165) is 51.1 Å². The van der Waals surface area contributed by atoms with Crippen molar-refractivity contribution in [1.29, 1.82) is 0 Å². The molecule has 3 rings (SSSR count). The van der Waals surface area contributed by atoms with E-state index in [1.165, 1.54) is 18.4 Å². The smallest absolute Gasteiger partial charge is 0.210 e. The second-order valence-corrected chi connectivity index (χ2v) is 8.25. The van der Waals surface area contributed by atoms with Gasteiger partial charge in [-0.1, -0.05) is 30.3 Å². The third-order valence-corrected chi connectivity index (χ3v) is 6.57. The molecule has 1 aromatic rings. The summed E-state index contributed by atoms with van der Waals surface area (Å²) in [6, 6.07) is 10.9. The Morgan fingerprint density at radius 1 is 1.12 bits per heavy atom. The molecule has 0 atom stereocenters. The lowest BCUT2D eigenvalue weighted by Crippen LogP contribution is -2.60. The van der Waals surface area contributed by atoms with Crippen molar-refractivity contribution in [3.05, 3.63) is 35.9 Å². The third kappa shape index (κ3) is 3.61. The normalized spacial score (nSPS) is 29.6. The van der Waals surface area contributed by atoms with Crippen LogP contribution in [-0.2, 0) is 10.3 Å². The second kappa shape index (κ2) is 7.46. The van der Waals surface area contributed by atoms with Crippen LogP contribution in [-0.4, -0.2) is 56.0 Å². The Morgan fingerprint density at radius 2 is 1.76 bits per heavy atom. The van der Waals surface area contributed by atoms with Gasteiger partial charge in [0.05, 0.1) is 5.54 Å². The zero-order valence-electron chi connectivity index (χ0n) is 16.0. The molecule has 0 heterocycles. The van der Waals surface area contributed by atoms with Crippen LogP contribution in [0, 0.1) is 5.92 Å². The number of nitrogens with zero attached hydrogens (tertiary/aromatic N) is 2. The van der Waals surface area contributed by atoms with Gasteiger partial charge in [0.25, 0.3) is 0 Å². The molecule has 2 aliphatic carbocycles. The van der Waals surface area contributed by atoms with Gasteiger partial charge in [0.15, 0.2) is 0 Å². The van der Waals surface area contributed by atoms with Crippen molar-refractivity contribution in [3.63, 3.8) is 0 Å². The topological polar surface area (TPSA) is 35.6 Å². The lowest BCUT2D eigenvalue weighted by atomic mass is 9.68. The Bertz CT molecular complexity index is 560. The average Bonchev–Trinajstić information content (AvgIpc) is 3.45. The van der Waals surface area contributed by atoms with E-state index in [2.05, 4.69) is 59.5 Å². The molecule has 25 heavy (non-hydrogen) atoms. The number of rotatable bonds is 8. The molecule has 0 unspecified atom stereocenters. The molecule has 0 radical (unpaired) electrons. The minimum atomic E-state index is -0.0343. The molecule has 138 valence electrons. The highest BCUT2D eigenvalue weighted by molar-refractivity contribution is 5.49. The largest absolute Gasteiger partial charge is 0.338 e. The Labute approximate surface area is 152 Å². The fourth-order valence-electron chi connectivity index (χ4n) is 4.69. The molecule has 4 heteroatoms. The average molecular weight is 344 g/mol. The van der Waals surface area contributed by atoms with E-state index in [9.17, 15) is 4.79 Å². The predicted molar refractivity (Wildman–Crippen MR) is 102 cm³/mol. The van der Waals surface area contributed by atoms with Crippen LogP contribution in [0.3, 0.4) is 0 Å². The maximum Gasteiger partial charge on any atom is 0.210 e. The van der Waals surface area contributed by atoms with Gasteiger partial charge in [0.1, 0.15) is 0 Å². The molecule has 2 saturated carbocycles. The number of carbonyl (C=O) groups excluding carboxylic acids is 1. The van der Waals surface area contributed by atoms with Crippen LogP contribution < -0.4 is 5.32 Å². The van der Waals surface area contributed by atoms with E-state index >= 15 is 0 Å². The van der Waals surface area contributed by atoms with Gasteiger partial charge < -0.3 is 10.2 Å². The highest BCUT2D eigenvalue weighted by atomic mass is 16.1. The van der Waals surface area contributed by atoms with Crippen LogP contribution in [0.25, 0.3) is 0 Å². The molecular formula is C21H33N3O. The molecule has 0 saturated heterocycles. The van der Waals surface area contributed by atoms with Gasteiger partial charge in [-0.15, -0.1) is 0 Å². The van der Waals surface area contributed by atoms with E-state index in [4.69, 9.17) is 0 Å². The highest BCUT2D eigenvalue weighted by Gasteiger charge is 2.47. The van der Waals surface area contributed by atoms with Gasteiger partial charge >= 0.3 is 0 Å². The van der Waals surface area contributed by atoms with Crippen LogP contribution in [0.5, 0.6) is 0 Å². The molecule has 4 nitrogen and oxygen atoms in total. The summed E-state index contributed by atoms with van der Waals surface area (Å²) in [7, 11) is 6.40. The molecule has 0 spiro atoms. The first-order valence-electron chi connectivity index (χ1n) is 9.66. The molecular weight excluding hydrogens is 310 g/mol. The summed E-state index contributed by atoms with van der Waals surface area (Å²) in [6.07, 6.45) is 7.94. The van der Waals surface area contributed by atoms with Crippen LogP contribution in [0.15, 0.2) is 30.3 Å². The zero-order chi connectivity index (χ0) is 17.9. The van der Waals surface area contributed by atoms with E-state index in [0.29, 0.717) is 0 Å². The van der Waals surface area contributed by atoms with Crippen LogP contribution in [0.1, 0.15) is 44.1 Å². The summed E-state index contributed by atoms with van der Waals surface area (Å²) in [6.45, 7) is 1.82. The molecule has 0 bridgehead atoms. The van der Waals surface area contributed by atoms with Gasteiger partial charge in [0.2, 0.25) is 6.41 Å². The van der Waals surface area contributed by atoms with E-state index < -0.39 is 0 Å². The van der Waals surface area contributed by atoms with Crippen LogP contribution in [0.2, 0.25) is 0 Å². The highest BCUT2D eigenvalue weighted by Crippen LogP contribution is 2.47. The fraction of sp³-hybridized carbons (Fsp3) is 0.667. The number of amides is 1. The van der Waals surface area contributed by atoms with Gasteiger partial charge in [-0.05, 0) is 71.1 Å². The van der Waals surface area contributed by atoms with Crippen molar-refractivity contribution in [2.75, 3.05) is 34.2 Å². The Balaban J connectivity index is 1.83. The molecule has 1 amide bonds. The lowest BCUT2D eigenvalue weighted by Gasteiger charge is -2.53. The quantitative estimate of drug-likeness (QED) is 0.737. The summed E-state index contributed by atoms with van der Waals surface area (Å²) < 4.78 is 0. The fourth-order valence-corrected chi connectivity index (χ4v) is 4.69. The number of benzene rings is 1. The van der Waals surface area contributed by atoms with Crippen molar-refractivity contribution in [3.8, 4) is 0 Å². The van der Waals surface area contributed by atoms with Gasteiger partial charge in [-0.25, -0.2) is 0 Å². The van der Waals surface area contributed by atoms with E-state index in [-0.39, 0.29) is 11.1 Å². The number of nitrogens with one attached hydrogen (secondary N) is 1. The summed E-state index contributed by atoms with van der Waals surface area (Å²) in [5.74, 6) is 0.730. The second-order valence-electron chi connectivity index (χ2n) is 8.25. The first-order valence-corrected chi connectivity index (χ1v) is 9.66. The predicted octanol–water partition coefficient (Wildman–Crippen LogP) is 2.84. The number of hydrogen-bond donors (Lipinski definition) is 1. The molecule has 1 N–H and O–H groups in total. The standard InChI is InChI=1S/C21H33N3O/c1-22-16-20(24(17-25)15-18-9-10-18)11-13-21(14-12-20,23(2)3)19-7-5-4-6-8-19/h4-8,17-18,22H,9-16H2,1-3H3. The van der Waals surface area contributed by atoms with Crippen LogP contribution in [0.4, 0.5) is 0 Å². The Hall–Kier alpha value is -1.39. The lowest BCUT2D eigenvalue weighted by molar-refractivity contribution is -0.127.